The van der Waals surface area contributed by atoms with E-state index in [2.05, 4.69) is 41.4 Å². The fourth-order valence-corrected chi connectivity index (χ4v) is 3.22. The SMILES string of the molecule is CC/C(C)=C(\C)N=C(C)C(=O)NC1CCN(C(=O)/C=C/C(=O)NOC)CC1OCCC(C)C. The van der Waals surface area contributed by atoms with Gasteiger partial charge in [0.1, 0.15) is 5.71 Å². The number of amides is 3. The highest BCUT2D eigenvalue weighted by atomic mass is 16.6. The second kappa shape index (κ2) is 14.6. The van der Waals surface area contributed by atoms with Crippen LogP contribution in [0.3, 0.4) is 0 Å². The van der Waals surface area contributed by atoms with Gasteiger partial charge in [-0.1, -0.05) is 26.3 Å². The van der Waals surface area contributed by atoms with Crippen LogP contribution in [0.25, 0.3) is 0 Å². The monoisotopic (exact) mass is 464 g/mol. The maximum Gasteiger partial charge on any atom is 0.267 e. The molecule has 186 valence electrons. The molecule has 9 nitrogen and oxygen atoms in total. The topological polar surface area (TPSA) is 109 Å². The molecule has 9 heteroatoms. The van der Waals surface area contributed by atoms with Crippen LogP contribution in [-0.4, -0.2) is 67.3 Å². The van der Waals surface area contributed by atoms with E-state index >= 15 is 0 Å². The van der Waals surface area contributed by atoms with Gasteiger partial charge in [-0.3, -0.25) is 24.2 Å². The molecule has 0 saturated carbocycles. The third kappa shape index (κ3) is 10.3. The predicted molar refractivity (Wildman–Crippen MR) is 128 cm³/mol. The minimum Gasteiger partial charge on any atom is -0.374 e. The van der Waals surface area contributed by atoms with Gasteiger partial charge in [-0.15, -0.1) is 0 Å². The van der Waals surface area contributed by atoms with E-state index < -0.39 is 5.91 Å². The molecule has 0 bridgehead atoms. The summed E-state index contributed by atoms with van der Waals surface area (Å²) >= 11 is 0. The molecular formula is C24H40N4O5. The number of aliphatic imine (C=N–C) groups is 1. The minimum absolute atomic E-state index is 0.239. The van der Waals surface area contributed by atoms with E-state index in [-0.39, 0.29) is 24.0 Å². The van der Waals surface area contributed by atoms with E-state index in [1.165, 1.54) is 13.2 Å². The van der Waals surface area contributed by atoms with E-state index in [1.807, 2.05) is 13.8 Å². The maximum atomic E-state index is 12.8. The van der Waals surface area contributed by atoms with Crippen molar-refractivity contribution in [1.82, 2.24) is 15.7 Å². The zero-order valence-electron chi connectivity index (χ0n) is 21.1. The fourth-order valence-electron chi connectivity index (χ4n) is 3.22. The Morgan fingerprint density at radius 1 is 1.18 bits per heavy atom. The number of hydroxylamine groups is 1. The second-order valence-corrected chi connectivity index (χ2v) is 8.66. The molecule has 1 saturated heterocycles. The van der Waals surface area contributed by atoms with Gasteiger partial charge in [-0.25, -0.2) is 5.48 Å². The van der Waals surface area contributed by atoms with Crippen molar-refractivity contribution in [1.29, 1.82) is 0 Å². The zero-order valence-corrected chi connectivity index (χ0v) is 21.1. The Hall–Kier alpha value is -2.52. The molecule has 2 unspecified atom stereocenters. The molecule has 1 heterocycles. The molecule has 2 atom stereocenters. The Balaban J connectivity index is 2.88. The standard InChI is InChI=1S/C24H40N4O5/c1-8-17(4)18(5)25-19(6)24(31)26-20-11-13-28(15-21(20)33-14-12-16(2)3)23(30)10-9-22(29)27-32-7/h9-10,16,20-21H,8,11-15H2,1-7H3,(H,26,31)(H,27,29)/b10-9+,18-17+,25-19?. The van der Waals surface area contributed by atoms with Crippen LogP contribution in [0.4, 0.5) is 0 Å². The first-order valence-corrected chi connectivity index (χ1v) is 11.5. The minimum atomic E-state index is -0.518. The first kappa shape index (κ1) is 28.5. The van der Waals surface area contributed by atoms with Crippen molar-refractivity contribution in [3.8, 4) is 0 Å². The van der Waals surface area contributed by atoms with Crippen molar-refractivity contribution in [2.24, 2.45) is 10.9 Å². The van der Waals surface area contributed by atoms with E-state index in [0.29, 0.717) is 37.7 Å². The van der Waals surface area contributed by atoms with Crippen LogP contribution < -0.4 is 10.8 Å². The largest absolute Gasteiger partial charge is 0.374 e. The summed E-state index contributed by atoms with van der Waals surface area (Å²) in [6.07, 6.45) is 4.28. The van der Waals surface area contributed by atoms with Crippen LogP contribution in [0.1, 0.15) is 60.8 Å². The molecule has 0 aromatic heterocycles. The van der Waals surface area contributed by atoms with Crippen molar-refractivity contribution < 1.29 is 24.0 Å². The number of nitrogens with zero attached hydrogens (tertiary/aromatic N) is 2. The Morgan fingerprint density at radius 2 is 1.88 bits per heavy atom. The summed E-state index contributed by atoms with van der Waals surface area (Å²) in [5.41, 5.74) is 4.51. The van der Waals surface area contributed by atoms with Crippen LogP contribution in [0, 0.1) is 5.92 Å². The Morgan fingerprint density at radius 3 is 2.48 bits per heavy atom. The summed E-state index contributed by atoms with van der Waals surface area (Å²) in [5, 5.41) is 3.04. The number of hydrogen-bond donors (Lipinski definition) is 2. The summed E-state index contributed by atoms with van der Waals surface area (Å²) in [6.45, 7) is 13.2. The molecular weight excluding hydrogens is 424 g/mol. The Labute approximate surface area is 197 Å². The average molecular weight is 465 g/mol. The fraction of sp³-hybridized carbons (Fsp3) is 0.667. The molecule has 0 spiro atoms. The summed E-state index contributed by atoms with van der Waals surface area (Å²) in [4.78, 5) is 47.4. The van der Waals surface area contributed by atoms with Gasteiger partial charge in [0.2, 0.25) is 5.91 Å². The lowest BCUT2D eigenvalue weighted by Crippen LogP contribution is -2.57. The molecule has 1 aliphatic rings. The normalized spacial score (nSPS) is 20.1. The van der Waals surface area contributed by atoms with Gasteiger partial charge in [-0.2, -0.15) is 0 Å². The van der Waals surface area contributed by atoms with E-state index in [1.54, 1.807) is 11.8 Å². The molecule has 0 aromatic carbocycles. The Bertz CT molecular complexity index is 773. The number of ether oxygens (including phenoxy) is 1. The smallest absolute Gasteiger partial charge is 0.267 e. The second-order valence-electron chi connectivity index (χ2n) is 8.66. The number of piperidine rings is 1. The lowest BCUT2D eigenvalue weighted by atomic mass is 10.0. The number of likely N-dealkylation sites (tertiary alicyclic amines) is 1. The van der Waals surface area contributed by atoms with Crippen LogP contribution in [-0.2, 0) is 24.0 Å². The molecule has 0 radical (unpaired) electrons. The van der Waals surface area contributed by atoms with Crippen LogP contribution in [0.2, 0.25) is 0 Å². The molecule has 3 amide bonds. The lowest BCUT2D eigenvalue weighted by Gasteiger charge is -2.38. The molecule has 33 heavy (non-hydrogen) atoms. The first-order valence-electron chi connectivity index (χ1n) is 11.5. The lowest BCUT2D eigenvalue weighted by molar-refractivity contribution is -0.132. The highest BCUT2D eigenvalue weighted by Gasteiger charge is 2.33. The molecule has 0 aromatic rings. The van der Waals surface area contributed by atoms with Crippen molar-refractivity contribution in [2.75, 3.05) is 26.8 Å². The van der Waals surface area contributed by atoms with Crippen molar-refractivity contribution in [3.63, 3.8) is 0 Å². The van der Waals surface area contributed by atoms with Crippen molar-refractivity contribution in [2.45, 2.75) is 73.0 Å². The van der Waals surface area contributed by atoms with Gasteiger partial charge in [-0.05, 0) is 46.0 Å². The van der Waals surface area contributed by atoms with Crippen LogP contribution in [0.15, 0.2) is 28.4 Å². The van der Waals surface area contributed by atoms with E-state index in [4.69, 9.17) is 4.74 Å². The summed E-state index contributed by atoms with van der Waals surface area (Å²) < 4.78 is 6.09. The van der Waals surface area contributed by atoms with Gasteiger partial charge < -0.3 is 15.0 Å². The highest BCUT2D eigenvalue weighted by Crippen LogP contribution is 2.17. The van der Waals surface area contributed by atoms with E-state index in [0.717, 1.165) is 30.2 Å². The van der Waals surface area contributed by atoms with Crippen LogP contribution >= 0.6 is 0 Å². The van der Waals surface area contributed by atoms with Gasteiger partial charge in [0.25, 0.3) is 11.8 Å². The molecule has 1 rings (SSSR count). The predicted octanol–water partition coefficient (Wildman–Crippen LogP) is 2.53. The summed E-state index contributed by atoms with van der Waals surface area (Å²) in [6, 6.07) is -0.240. The number of rotatable bonds is 11. The summed E-state index contributed by atoms with van der Waals surface area (Å²) in [7, 11) is 1.32. The number of carbonyl (C=O) groups is 3. The molecule has 2 N–H and O–H groups in total. The number of carbonyl (C=O) groups excluding carboxylic acids is 3. The molecule has 0 aliphatic carbocycles. The van der Waals surface area contributed by atoms with Gasteiger partial charge in [0, 0.05) is 37.5 Å². The number of allylic oxidation sites excluding steroid dienone is 2. The molecule has 1 fully saturated rings. The van der Waals surface area contributed by atoms with Crippen molar-refractivity contribution in [3.05, 3.63) is 23.4 Å². The quantitative estimate of drug-likeness (QED) is 0.277. The first-order chi connectivity index (χ1) is 15.6. The van der Waals surface area contributed by atoms with Gasteiger partial charge >= 0.3 is 0 Å². The third-order valence-corrected chi connectivity index (χ3v) is 5.61. The summed E-state index contributed by atoms with van der Waals surface area (Å²) in [5.74, 6) is -0.573. The average Bonchev–Trinajstić information content (AvgIpc) is 2.77. The van der Waals surface area contributed by atoms with Gasteiger partial charge in [0.05, 0.1) is 19.3 Å². The Kier molecular flexibility index (Phi) is 12.6. The highest BCUT2D eigenvalue weighted by molar-refractivity contribution is 6.38. The molecule has 1 aliphatic heterocycles. The van der Waals surface area contributed by atoms with Crippen molar-refractivity contribution >= 4 is 23.4 Å². The zero-order chi connectivity index (χ0) is 25.0. The number of nitrogens with one attached hydrogen (secondary N) is 2. The van der Waals surface area contributed by atoms with Gasteiger partial charge in [0.15, 0.2) is 0 Å². The van der Waals surface area contributed by atoms with E-state index in [9.17, 15) is 14.4 Å². The number of hydrogen-bond acceptors (Lipinski definition) is 6. The van der Waals surface area contributed by atoms with Crippen LogP contribution in [0.5, 0.6) is 0 Å². The third-order valence-electron chi connectivity index (χ3n) is 5.61. The maximum absolute atomic E-state index is 12.8.